The molecule has 2 atom stereocenters. The van der Waals surface area contributed by atoms with E-state index in [4.69, 9.17) is 5.11 Å². The summed E-state index contributed by atoms with van der Waals surface area (Å²) >= 11 is 0. The number of carbonyl (C=O) groups excluding carboxylic acids is 1. The average Bonchev–Trinajstić information content (AvgIpc) is 1.85. The molecule has 0 aliphatic heterocycles. The molecule has 0 saturated heterocycles. The number of aliphatic hydroxyl groups is 1. The Balaban J connectivity index is 4.34. The van der Waals surface area contributed by atoms with Crippen LogP contribution in [-0.2, 0) is 9.53 Å². The van der Waals surface area contributed by atoms with Crippen LogP contribution in [0.3, 0.4) is 0 Å². The second kappa shape index (κ2) is 3.87. The number of esters is 1. The normalized spacial score (nSPS) is 15.2. The lowest BCUT2D eigenvalue weighted by atomic mass is 10.2. The molecule has 6 nitrogen and oxygen atoms in total. The fourth-order valence-corrected chi connectivity index (χ4v) is 0.580. The summed E-state index contributed by atoms with van der Waals surface area (Å²) in [7, 11) is 1.03. The highest BCUT2D eigenvalue weighted by Crippen LogP contribution is 1.99. The first kappa shape index (κ1) is 9.83. The third-order valence-corrected chi connectivity index (χ3v) is 1.13. The van der Waals surface area contributed by atoms with Crippen molar-refractivity contribution < 1.29 is 19.6 Å². The van der Waals surface area contributed by atoms with Gasteiger partial charge >= 0.3 is 12.0 Å². The summed E-state index contributed by atoms with van der Waals surface area (Å²) < 4.78 is 4.09. The molecule has 11 heavy (non-hydrogen) atoms. The smallest absolute Gasteiger partial charge is 0.384 e. The number of hydrogen-bond acceptors (Lipinski definition) is 5. The lowest BCUT2D eigenvalue weighted by molar-refractivity contribution is -0.520. The molecule has 0 heterocycles. The molecule has 0 rings (SSSR count). The van der Waals surface area contributed by atoms with Crippen LogP contribution in [0.5, 0.6) is 0 Å². The number of ether oxygens (including phenoxy) is 1. The fraction of sp³-hybridized carbons (Fsp3) is 0.800. The number of carbonyl (C=O) groups is 1. The van der Waals surface area contributed by atoms with Gasteiger partial charge in [-0.1, -0.05) is 0 Å². The maximum absolute atomic E-state index is 10.6. The van der Waals surface area contributed by atoms with E-state index in [1.165, 1.54) is 0 Å². The van der Waals surface area contributed by atoms with Crippen molar-refractivity contribution in [1.29, 1.82) is 0 Å². The predicted octanol–water partition coefficient (Wildman–Crippen LogP) is -0.815. The van der Waals surface area contributed by atoms with E-state index in [2.05, 4.69) is 4.74 Å². The first-order valence-electron chi connectivity index (χ1n) is 2.90. The van der Waals surface area contributed by atoms with Crippen LogP contribution in [0.4, 0.5) is 0 Å². The summed E-state index contributed by atoms with van der Waals surface area (Å²) in [5, 5.41) is 18.8. The van der Waals surface area contributed by atoms with Crippen LogP contribution in [0.2, 0.25) is 0 Å². The monoisotopic (exact) mass is 163 g/mol. The second-order valence-corrected chi connectivity index (χ2v) is 1.99. The zero-order valence-corrected chi connectivity index (χ0v) is 6.18. The quantitative estimate of drug-likeness (QED) is 0.333. The predicted molar refractivity (Wildman–Crippen MR) is 34.5 cm³/mol. The molecule has 0 bridgehead atoms. The van der Waals surface area contributed by atoms with Crippen LogP contribution in [-0.4, -0.2) is 35.3 Å². The molecule has 0 radical (unpaired) electrons. The van der Waals surface area contributed by atoms with Gasteiger partial charge in [-0.05, 0) is 6.92 Å². The Labute approximate surface area is 62.9 Å². The number of nitrogens with zero attached hydrogens (tertiary/aromatic N) is 1. The van der Waals surface area contributed by atoms with Crippen LogP contribution in [0, 0.1) is 10.1 Å². The average molecular weight is 163 g/mol. The minimum absolute atomic E-state index is 0.878. The van der Waals surface area contributed by atoms with E-state index in [1.807, 2.05) is 0 Å². The van der Waals surface area contributed by atoms with Crippen molar-refractivity contribution in [1.82, 2.24) is 0 Å². The van der Waals surface area contributed by atoms with Gasteiger partial charge < -0.3 is 9.84 Å². The Kier molecular flexibility index (Phi) is 3.46. The van der Waals surface area contributed by atoms with E-state index in [9.17, 15) is 14.9 Å². The third-order valence-electron chi connectivity index (χ3n) is 1.13. The lowest BCUT2D eigenvalue weighted by Crippen LogP contribution is -2.39. The van der Waals surface area contributed by atoms with Gasteiger partial charge in [-0.15, -0.1) is 0 Å². The summed E-state index contributed by atoms with van der Waals surface area (Å²) in [6, 6.07) is -1.68. The van der Waals surface area contributed by atoms with Crippen LogP contribution in [0.25, 0.3) is 0 Å². The minimum atomic E-state index is -1.68. The molecule has 0 fully saturated rings. The Bertz CT molecular complexity index is 166. The van der Waals surface area contributed by atoms with Crippen LogP contribution in [0.15, 0.2) is 0 Å². The number of rotatable bonds is 3. The zero-order valence-electron chi connectivity index (χ0n) is 6.18. The van der Waals surface area contributed by atoms with Gasteiger partial charge in [0.1, 0.15) is 6.10 Å². The van der Waals surface area contributed by atoms with Crippen LogP contribution in [0.1, 0.15) is 6.92 Å². The first-order chi connectivity index (χ1) is 5.00. The van der Waals surface area contributed by atoms with Gasteiger partial charge in [0.25, 0.3) is 0 Å². The van der Waals surface area contributed by atoms with Crippen molar-refractivity contribution in [2.45, 2.75) is 19.1 Å². The van der Waals surface area contributed by atoms with Crippen molar-refractivity contribution >= 4 is 5.97 Å². The number of aliphatic hydroxyl groups excluding tert-OH is 1. The second-order valence-electron chi connectivity index (χ2n) is 1.99. The molecule has 0 aromatic rings. The molecule has 0 saturated carbocycles. The summed E-state index contributed by atoms with van der Waals surface area (Å²) in [6.07, 6.45) is -1.34. The van der Waals surface area contributed by atoms with Gasteiger partial charge in [0, 0.05) is 4.92 Å². The van der Waals surface area contributed by atoms with Crippen molar-refractivity contribution in [2.24, 2.45) is 0 Å². The summed E-state index contributed by atoms with van der Waals surface area (Å²) in [6.45, 7) is 1.16. The Hall–Kier alpha value is -1.17. The van der Waals surface area contributed by atoms with E-state index in [0.717, 1.165) is 14.0 Å². The molecule has 0 aliphatic carbocycles. The Morgan fingerprint density at radius 2 is 2.18 bits per heavy atom. The molecule has 0 aromatic heterocycles. The largest absolute Gasteiger partial charge is 0.464 e. The molecule has 0 amide bonds. The Morgan fingerprint density at radius 1 is 1.73 bits per heavy atom. The van der Waals surface area contributed by atoms with Gasteiger partial charge in [-0.2, -0.15) is 0 Å². The first-order valence-corrected chi connectivity index (χ1v) is 2.90. The molecule has 2 unspecified atom stereocenters. The zero-order chi connectivity index (χ0) is 9.02. The van der Waals surface area contributed by atoms with Crippen molar-refractivity contribution in [3.63, 3.8) is 0 Å². The highest BCUT2D eigenvalue weighted by molar-refractivity contribution is 5.74. The molecule has 1 N–H and O–H groups in total. The van der Waals surface area contributed by atoms with Gasteiger partial charge in [-0.3, -0.25) is 10.1 Å². The number of methoxy groups -OCH3 is 1. The number of hydrogen-bond donors (Lipinski definition) is 1. The number of nitro groups is 1. The van der Waals surface area contributed by atoms with E-state index in [1.54, 1.807) is 0 Å². The molecule has 0 spiro atoms. The standard InChI is InChI=1S/C5H9NO5/c1-3(7)4(6(9)10)5(8)11-2/h3-4,7H,1-2H3. The van der Waals surface area contributed by atoms with Crippen LogP contribution >= 0.6 is 0 Å². The highest BCUT2D eigenvalue weighted by atomic mass is 16.6. The Morgan fingerprint density at radius 3 is 2.27 bits per heavy atom. The summed E-state index contributed by atoms with van der Waals surface area (Å²) in [4.78, 5) is 19.8. The van der Waals surface area contributed by atoms with Crippen molar-refractivity contribution in [3.05, 3.63) is 10.1 Å². The molecule has 0 aromatic carbocycles. The van der Waals surface area contributed by atoms with E-state index in [0.29, 0.717) is 0 Å². The van der Waals surface area contributed by atoms with Gasteiger partial charge in [-0.25, -0.2) is 4.79 Å². The van der Waals surface area contributed by atoms with E-state index < -0.39 is 23.0 Å². The van der Waals surface area contributed by atoms with Gasteiger partial charge in [0.2, 0.25) is 0 Å². The van der Waals surface area contributed by atoms with Crippen LogP contribution < -0.4 is 0 Å². The third kappa shape index (κ3) is 2.50. The molecule has 64 valence electrons. The molecule has 6 heteroatoms. The molecule has 0 aliphatic rings. The van der Waals surface area contributed by atoms with Gasteiger partial charge in [0.05, 0.1) is 7.11 Å². The van der Waals surface area contributed by atoms with Gasteiger partial charge in [0.15, 0.2) is 0 Å². The topological polar surface area (TPSA) is 89.7 Å². The fourth-order valence-electron chi connectivity index (χ4n) is 0.580. The highest BCUT2D eigenvalue weighted by Gasteiger charge is 2.35. The van der Waals surface area contributed by atoms with Crippen molar-refractivity contribution in [3.8, 4) is 0 Å². The van der Waals surface area contributed by atoms with Crippen molar-refractivity contribution in [2.75, 3.05) is 7.11 Å². The van der Waals surface area contributed by atoms with E-state index in [-0.39, 0.29) is 0 Å². The SMILES string of the molecule is COC(=O)C(C(C)O)[N+](=O)[O-]. The van der Waals surface area contributed by atoms with E-state index >= 15 is 0 Å². The summed E-state index contributed by atoms with van der Waals surface area (Å²) in [5.74, 6) is -1.04. The molecular formula is C5H9NO5. The maximum Gasteiger partial charge on any atom is 0.384 e. The maximum atomic E-state index is 10.6. The summed E-state index contributed by atoms with van der Waals surface area (Å²) in [5.41, 5.74) is 0. The molecular weight excluding hydrogens is 154 g/mol. The minimum Gasteiger partial charge on any atom is -0.464 e. The lowest BCUT2D eigenvalue weighted by Gasteiger charge is -2.08.